The number of allylic oxidation sites excluding steroid dienone is 1. The van der Waals surface area contributed by atoms with Crippen LogP contribution in [0.15, 0.2) is 11.1 Å². The summed E-state index contributed by atoms with van der Waals surface area (Å²) >= 11 is 0. The van der Waals surface area contributed by atoms with Crippen molar-refractivity contribution in [1.82, 2.24) is 0 Å². The van der Waals surface area contributed by atoms with Crippen LogP contribution >= 0.6 is 0 Å². The van der Waals surface area contributed by atoms with E-state index in [1.165, 1.54) is 0 Å². The van der Waals surface area contributed by atoms with Crippen LogP contribution in [0, 0.1) is 0 Å². The Kier molecular flexibility index (Phi) is 10.8. The van der Waals surface area contributed by atoms with Crippen molar-refractivity contribution in [3.05, 3.63) is 11.1 Å². The zero-order valence-electron chi connectivity index (χ0n) is 12.1. The van der Waals surface area contributed by atoms with Gasteiger partial charge in [0.05, 0.1) is 18.8 Å². The van der Waals surface area contributed by atoms with Crippen molar-refractivity contribution >= 4 is 5.97 Å². The predicted molar refractivity (Wildman–Crippen MR) is 74.4 cm³/mol. The molecule has 0 aliphatic carbocycles. The minimum atomic E-state index is -0.328. The van der Waals surface area contributed by atoms with E-state index < -0.39 is 0 Å². The monoisotopic (exact) mass is 256 g/mol. The maximum absolute atomic E-state index is 11.9. The molecular formula is C15H28O3. The third-order valence-corrected chi connectivity index (χ3v) is 2.95. The second-order valence-electron chi connectivity index (χ2n) is 4.58. The van der Waals surface area contributed by atoms with E-state index in [0.717, 1.165) is 50.5 Å². The van der Waals surface area contributed by atoms with Crippen LogP contribution in [0.1, 0.15) is 65.7 Å². The molecule has 0 rings (SSSR count). The average Bonchev–Trinajstić information content (AvgIpc) is 2.37. The molecule has 3 heteroatoms. The van der Waals surface area contributed by atoms with E-state index in [1.807, 2.05) is 0 Å². The maximum atomic E-state index is 11.9. The molecule has 0 aromatic rings. The summed E-state index contributed by atoms with van der Waals surface area (Å²) in [6.07, 6.45) is 6.79. The van der Waals surface area contributed by atoms with Gasteiger partial charge in [0.2, 0.25) is 0 Å². The van der Waals surface area contributed by atoms with Crippen molar-refractivity contribution in [2.45, 2.75) is 65.7 Å². The fourth-order valence-electron chi connectivity index (χ4n) is 1.84. The first kappa shape index (κ1) is 17.2. The minimum Gasteiger partial charge on any atom is -0.462 e. The van der Waals surface area contributed by atoms with Crippen molar-refractivity contribution in [2.75, 3.05) is 13.2 Å². The number of esters is 1. The summed E-state index contributed by atoms with van der Waals surface area (Å²) in [6.45, 7) is 6.52. The molecule has 0 radical (unpaired) electrons. The third-order valence-electron chi connectivity index (χ3n) is 2.95. The van der Waals surface area contributed by atoms with Gasteiger partial charge in [-0.25, -0.2) is 4.79 Å². The van der Waals surface area contributed by atoms with Crippen LogP contribution in [0.5, 0.6) is 0 Å². The van der Waals surface area contributed by atoms with Gasteiger partial charge >= 0.3 is 5.97 Å². The van der Waals surface area contributed by atoms with E-state index in [4.69, 9.17) is 4.74 Å². The van der Waals surface area contributed by atoms with Crippen LogP contribution in [-0.2, 0) is 9.53 Å². The number of rotatable bonds is 10. The maximum Gasteiger partial charge on any atom is 0.336 e. The summed E-state index contributed by atoms with van der Waals surface area (Å²) in [6, 6.07) is 0. The number of aliphatic hydroxyl groups excluding tert-OH is 1. The molecule has 0 saturated heterocycles. The third kappa shape index (κ3) is 6.80. The Hall–Kier alpha value is -0.830. The molecule has 0 aliphatic heterocycles. The molecule has 3 nitrogen and oxygen atoms in total. The Morgan fingerprint density at radius 3 is 2.17 bits per heavy atom. The molecule has 0 fully saturated rings. The lowest BCUT2D eigenvalue weighted by molar-refractivity contribution is -0.139. The Morgan fingerprint density at radius 1 is 1.00 bits per heavy atom. The first-order valence-electron chi connectivity index (χ1n) is 7.20. The molecule has 0 saturated carbocycles. The minimum absolute atomic E-state index is 0.204. The van der Waals surface area contributed by atoms with Crippen molar-refractivity contribution in [1.29, 1.82) is 0 Å². The molecule has 106 valence electrons. The Balaban J connectivity index is 4.63. The van der Waals surface area contributed by atoms with E-state index in [0.29, 0.717) is 12.2 Å². The van der Waals surface area contributed by atoms with Crippen LogP contribution < -0.4 is 0 Å². The molecule has 0 heterocycles. The van der Waals surface area contributed by atoms with E-state index in [-0.39, 0.29) is 12.6 Å². The first-order chi connectivity index (χ1) is 8.71. The van der Waals surface area contributed by atoms with Gasteiger partial charge in [-0.05, 0) is 25.7 Å². The van der Waals surface area contributed by atoms with Crippen LogP contribution in [0.3, 0.4) is 0 Å². The number of carbonyl (C=O) groups excluding carboxylic acids is 1. The van der Waals surface area contributed by atoms with Crippen LogP contribution in [0.4, 0.5) is 0 Å². The molecule has 0 aromatic carbocycles. The normalized spacial score (nSPS) is 12.2. The number of hydrogen-bond donors (Lipinski definition) is 1. The summed E-state index contributed by atoms with van der Waals surface area (Å²) in [5.41, 5.74) is 1.56. The molecule has 0 spiro atoms. The summed E-state index contributed by atoms with van der Waals surface area (Å²) in [7, 11) is 0. The molecule has 18 heavy (non-hydrogen) atoms. The van der Waals surface area contributed by atoms with Gasteiger partial charge in [-0.3, -0.25) is 0 Å². The van der Waals surface area contributed by atoms with Gasteiger partial charge < -0.3 is 9.84 Å². The van der Waals surface area contributed by atoms with E-state index in [1.54, 1.807) is 0 Å². The summed E-state index contributed by atoms with van der Waals surface area (Å²) in [4.78, 5) is 11.9. The topological polar surface area (TPSA) is 46.5 Å². The van der Waals surface area contributed by atoms with Gasteiger partial charge in [-0.1, -0.05) is 45.6 Å². The number of carbonyl (C=O) groups is 1. The second kappa shape index (κ2) is 11.3. The number of ether oxygens (including phenoxy) is 1. The van der Waals surface area contributed by atoms with Crippen molar-refractivity contribution in [3.8, 4) is 0 Å². The summed E-state index contributed by atoms with van der Waals surface area (Å²) in [5.74, 6) is -0.328. The Bertz CT molecular complexity index is 256. The van der Waals surface area contributed by atoms with Gasteiger partial charge in [0, 0.05) is 0 Å². The molecule has 0 amide bonds. The van der Waals surface area contributed by atoms with Crippen LogP contribution in [0.25, 0.3) is 0 Å². The number of hydrogen-bond acceptors (Lipinski definition) is 3. The van der Waals surface area contributed by atoms with Crippen molar-refractivity contribution < 1.29 is 14.6 Å². The van der Waals surface area contributed by atoms with Gasteiger partial charge in [0.1, 0.15) is 0 Å². The largest absolute Gasteiger partial charge is 0.462 e. The van der Waals surface area contributed by atoms with Crippen LogP contribution in [-0.4, -0.2) is 24.3 Å². The number of unbranched alkanes of at least 4 members (excludes halogenated alkanes) is 2. The van der Waals surface area contributed by atoms with E-state index in [9.17, 15) is 9.90 Å². The zero-order chi connectivity index (χ0) is 13.8. The van der Waals surface area contributed by atoms with E-state index in [2.05, 4.69) is 20.8 Å². The SMILES string of the molecule is CCCCOC(=O)C(CO)=C(CCC)CCCC. The van der Waals surface area contributed by atoms with Gasteiger partial charge in [-0.2, -0.15) is 0 Å². The van der Waals surface area contributed by atoms with Gasteiger partial charge in [-0.15, -0.1) is 0 Å². The summed E-state index contributed by atoms with van der Waals surface area (Å²) in [5, 5.41) is 9.39. The smallest absolute Gasteiger partial charge is 0.336 e. The molecule has 0 aliphatic rings. The van der Waals surface area contributed by atoms with Crippen molar-refractivity contribution in [3.63, 3.8) is 0 Å². The molecule has 1 N–H and O–H groups in total. The van der Waals surface area contributed by atoms with E-state index >= 15 is 0 Å². The lowest BCUT2D eigenvalue weighted by Crippen LogP contribution is -2.14. The quantitative estimate of drug-likeness (QED) is 0.369. The highest BCUT2D eigenvalue weighted by Gasteiger charge is 2.15. The van der Waals surface area contributed by atoms with Gasteiger partial charge in [0.15, 0.2) is 0 Å². The lowest BCUT2D eigenvalue weighted by atomic mass is 9.98. The molecule has 0 aromatic heterocycles. The Morgan fingerprint density at radius 2 is 1.67 bits per heavy atom. The lowest BCUT2D eigenvalue weighted by Gasteiger charge is -2.12. The second-order valence-corrected chi connectivity index (χ2v) is 4.58. The average molecular weight is 256 g/mol. The zero-order valence-corrected chi connectivity index (χ0v) is 12.1. The molecule has 0 atom stereocenters. The molecule has 0 unspecified atom stereocenters. The first-order valence-corrected chi connectivity index (χ1v) is 7.20. The molecule has 0 bridgehead atoms. The number of aliphatic hydroxyl groups is 1. The van der Waals surface area contributed by atoms with Crippen molar-refractivity contribution in [2.24, 2.45) is 0 Å². The summed E-state index contributed by atoms with van der Waals surface area (Å²) < 4.78 is 5.19. The van der Waals surface area contributed by atoms with Gasteiger partial charge in [0.25, 0.3) is 0 Å². The Labute approximate surface area is 111 Å². The standard InChI is InChI=1S/C15H28O3/c1-4-7-10-13(9-6-3)14(12-16)15(17)18-11-8-5-2/h16H,4-12H2,1-3H3. The van der Waals surface area contributed by atoms with Crippen LogP contribution in [0.2, 0.25) is 0 Å². The highest BCUT2D eigenvalue weighted by atomic mass is 16.5. The molecular weight excluding hydrogens is 228 g/mol. The highest BCUT2D eigenvalue weighted by Crippen LogP contribution is 2.19. The highest BCUT2D eigenvalue weighted by molar-refractivity contribution is 5.89. The predicted octanol–water partition coefficient (Wildman–Crippen LogP) is 3.61. The fraction of sp³-hybridized carbons (Fsp3) is 0.800. The fourth-order valence-corrected chi connectivity index (χ4v) is 1.84.